The number of fused-ring (bicyclic) bond motifs is 1. The van der Waals surface area contributed by atoms with E-state index in [-0.39, 0.29) is 18.2 Å². The third kappa shape index (κ3) is 2.22. The van der Waals surface area contributed by atoms with Gasteiger partial charge in [-0.15, -0.1) is 11.3 Å². The van der Waals surface area contributed by atoms with E-state index in [1.807, 2.05) is 5.38 Å². The lowest BCUT2D eigenvalue weighted by atomic mass is 10.1. The third-order valence-corrected chi connectivity index (χ3v) is 3.27. The van der Waals surface area contributed by atoms with Crippen molar-refractivity contribution in [3.05, 3.63) is 35.0 Å². The van der Waals surface area contributed by atoms with Gasteiger partial charge < -0.3 is 4.74 Å². The minimum absolute atomic E-state index is 0.206. The molecule has 16 heavy (non-hydrogen) atoms. The van der Waals surface area contributed by atoms with Crippen LogP contribution in [-0.4, -0.2) is 12.6 Å². The van der Waals surface area contributed by atoms with Crippen molar-refractivity contribution in [2.75, 3.05) is 6.61 Å². The predicted octanol–water partition coefficient (Wildman–Crippen LogP) is 3.15. The molecule has 0 radical (unpaired) electrons. The second-order valence-electron chi connectivity index (χ2n) is 3.38. The molecule has 0 aliphatic rings. The molecular formula is C12H11FO2S. The molecule has 0 unspecified atom stereocenters. The Morgan fingerprint density at radius 2 is 2.31 bits per heavy atom. The van der Waals surface area contributed by atoms with E-state index >= 15 is 0 Å². The predicted molar refractivity (Wildman–Crippen MR) is 62.1 cm³/mol. The number of carbonyl (C=O) groups excluding carboxylic acids is 1. The fourth-order valence-electron chi connectivity index (χ4n) is 1.56. The summed E-state index contributed by atoms with van der Waals surface area (Å²) in [6, 6.07) is 4.61. The number of hydrogen-bond acceptors (Lipinski definition) is 3. The fourth-order valence-corrected chi connectivity index (χ4v) is 2.50. The first-order chi connectivity index (χ1) is 7.70. The van der Waals surface area contributed by atoms with Gasteiger partial charge in [-0.2, -0.15) is 0 Å². The summed E-state index contributed by atoms with van der Waals surface area (Å²) in [7, 11) is 0. The second kappa shape index (κ2) is 4.61. The molecule has 0 bridgehead atoms. The summed E-state index contributed by atoms with van der Waals surface area (Å²) < 4.78 is 18.9. The van der Waals surface area contributed by atoms with Gasteiger partial charge >= 0.3 is 5.97 Å². The Balaban J connectivity index is 2.30. The van der Waals surface area contributed by atoms with E-state index in [4.69, 9.17) is 4.74 Å². The molecule has 0 spiro atoms. The molecule has 1 aromatic carbocycles. The van der Waals surface area contributed by atoms with Gasteiger partial charge in [-0.1, -0.05) is 0 Å². The molecule has 2 nitrogen and oxygen atoms in total. The molecule has 2 rings (SSSR count). The lowest BCUT2D eigenvalue weighted by Gasteiger charge is -2.00. The van der Waals surface area contributed by atoms with Crippen molar-refractivity contribution < 1.29 is 13.9 Å². The van der Waals surface area contributed by atoms with E-state index < -0.39 is 0 Å². The smallest absolute Gasteiger partial charge is 0.310 e. The van der Waals surface area contributed by atoms with Gasteiger partial charge in [0.05, 0.1) is 13.0 Å². The average Bonchev–Trinajstić information content (AvgIpc) is 2.61. The highest BCUT2D eigenvalue weighted by molar-refractivity contribution is 7.17. The van der Waals surface area contributed by atoms with Crippen LogP contribution in [0.2, 0.25) is 0 Å². The van der Waals surface area contributed by atoms with Gasteiger partial charge in [0.15, 0.2) is 0 Å². The van der Waals surface area contributed by atoms with E-state index in [9.17, 15) is 9.18 Å². The standard InChI is InChI=1S/C12H11FO2S/c1-2-15-12(14)5-8-7-16-11-4-3-9(13)6-10(8)11/h3-4,6-7H,2,5H2,1H3. The van der Waals surface area contributed by atoms with E-state index in [0.717, 1.165) is 15.6 Å². The first kappa shape index (κ1) is 11.1. The molecule has 84 valence electrons. The van der Waals surface area contributed by atoms with Crippen LogP contribution in [0.1, 0.15) is 12.5 Å². The molecule has 1 aromatic heterocycles. The van der Waals surface area contributed by atoms with Crippen molar-refractivity contribution in [1.29, 1.82) is 0 Å². The van der Waals surface area contributed by atoms with Crippen LogP contribution < -0.4 is 0 Å². The Morgan fingerprint density at radius 1 is 1.50 bits per heavy atom. The summed E-state index contributed by atoms with van der Waals surface area (Å²) in [4.78, 5) is 11.3. The molecule has 0 N–H and O–H groups in total. The third-order valence-electron chi connectivity index (χ3n) is 2.26. The summed E-state index contributed by atoms with van der Waals surface area (Å²) in [5.41, 5.74) is 0.831. The molecule has 4 heteroatoms. The molecule has 0 saturated heterocycles. The van der Waals surface area contributed by atoms with Crippen LogP contribution in [0.3, 0.4) is 0 Å². The molecule has 0 fully saturated rings. The first-order valence-electron chi connectivity index (χ1n) is 5.02. The van der Waals surface area contributed by atoms with E-state index in [2.05, 4.69) is 0 Å². The maximum Gasteiger partial charge on any atom is 0.310 e. The Bertz CT molecular complexity index is 519. The normalized spacial score (nSPS) is 10.6. The summed E-state index contributed by atoms with van der Waals surface area (Å²) >= 11 is 1.51. The number of esters is 1. The largest absolute Gasteiger partial charge is 0.466 e. The number of rotatable bonds is 3. The monoisotopic (exact) mass is 238 g/mol. The van der Waals surface area contributed by atoms with Gasteiger partial charge in [-0.25, -0.2) is 4.39 Å². The van der Waals surface area contributed by atoms with Crippen molar-refractivity contribution >= 4 is 27.4 Å². The van der Waals surface area contributed by atoms with Crippen LogP contribution in [0.5, 0.6) is 0 Å². The maximum atomic E-state index is 13.1. The Labute approximate surface area is 96.7 Å². The Hall–Kier alpha value is -1.42. The SMILES string of the molecule is CCOC(=O)Cc1csc2ccc(F)cc12. The number of carbonyl (C=O) groups is 1. The van der Waals surface area contributed by atoms with Crippen LogP contribution in [0.25, 0.3) is 10.1 Å². The van der Waals surface area contributed by atoms with Gasteiger partial charge in [-0.3, -0.25) is 4.79 Å². The number of thiophene rings is 1. The summed E-state index contributed by atoms with van der Waals surface area (Å²) in [6.07, 6.45) is 0.206. The van der Waals surface area contributed by atoms with Gasteiger partial charge in [0.1, 0.15) is 5.82 Å². The van der Waals surface area contributed by atoms with Gasteiger partial charge in [0.25, 0.3) is 0 Å². The zero-order valence-corrected chi connectivity index (χ0v) is 9.64. The van der Waals surface area contributed by atoms with Gasteiger partial charge in [-0.05, 0) is 41.5 Å². The summed E-state index contributed by atoms with van der Waals surface area (Å²) in [5.74, 6) is -0.553. The second-order valence-corrected chi connectivity index (χ2v) is 4.29. The van der Waals surface area contributed by atoms with Crippen molar-refractivity contribution in [1.82, 2.24) is 0 Å². The van der Waals surface area contributed by atoms with E-state index in [1.54, 1.807) is 13.0 Å². The molecule has 0 aliphatic carbocycles. The van der Waals surface area contributed by atoms with Crippen LogP contribution in [0, 0.1) is 5.82 Å². The minimum Gasteiger partial charge on any atom is -0.466 e. The quantitative estimate of drug-likeness (QED) is 0.768. The lowest BCUT2D eigenvalue weighted by molar-refractivity contribution is -0.142. The highest BCUT2D eigenvalue weighted by Crippen LogP contribution is 2.27. The lowest BCUT2D eigenvalue weighted by Crippen LogP contribution is -2.06. The van der Waals surface area contributed by atoms with Crippen LogP contribution in [0.4, 0.5) is 4.39 Å². The van der Waals surface area contributed by atoms with E-state index in [0.29, 0.717) is 6.61 Å². The maximum absolute atomic E-state index is 13.1. The van der Waals surface area contributed by atoms with Crippen molar-refractivity contribution in [3.8, 4) is 0 Å². The molecular weight excluding hydrogens is 227 g/mol. The molecule has 0 atom stereocenters. The van der Waals surface area contributed by atoms with Gasteiger partial charge in [0.2, 0.25) is 0 Å². The van der Waals surface area contributed by atoms with E-state index in [1.165, 1.54) is 23.5 Å². The zero-order valence-electron chi connectivity index (χ0n) is 8.83. The summed E-state index contributed by atoms with van der Waals surface area (Å²) in [6.45, 7) is 2.14. The molecule has 1 heterocycles. The molecule has 0 saturated carbocycles. The number of ether oxygens (including phenoxy) is 1. The molecule has 2 aromatic rings. The Kier molecular flexibility index (Phi) is 3.19. The number of halogens is 1. The van der Waals surface area contributed by atoms with Crippen molar-refractivity contribution in [3.63, 3.8) is 0 Å². The topological polar surface area (TPSA) is 26.3 Å². The fraction of sp³-hybridized carbons (Fsp3) is 0.250. The summed E-state index contributed by atoms with van der Waals surface area (Å²) in [5, 5.41) is 2.68. The number of benzene rings is 1. The van der Waals surface area contributed by atoms with Crippen LogP contribution in [-0.2, 0) is 16.0 Å². The van der Waals surface area contributed by atoms with Crippen molar-refractivity contribution in [2.24, 2.45) is 0 Å². The Morgan fingerprint density at radius 3 is 3.06 bits per heavy atom. The zero-order chi connectivity index (χ0) is 11.5. The van der Waals surface area contributed by atoms with Crippen LogP contribution >= 0.6 is 11.3 Å². The average molecular weight is 238 g/mol. The highest BCUT2D eigenvalue weighted by atomic mass is 32.1. The van der Waals surface area contributed by atoms with Gasteiger partial charge in [0, 0.05) is 4.70 Å². The minimum atomic E-state index is -0.281. The molecule has 0 aliphatic heterocycles. The van der Waals surface area contributed by atoms with Crippen molar-refractivity contribution in [2.45, 2.75) is 13.3 Å². The highest BCUT2D eigenvalue weighted by Gasteiger charge is 2.10. The number of hydrogen-bond donors (Lipinski definition) is 0. The van der Waals surface area contributed by atoms with Crippen LogP contribution in [0.15, 0.2) is 23.6 Å². The first-order valence-corrected chi connectivity index (χ1v) is 5.90. The molecule has 0 amide bonds.